The van der Waals surface area contributed by atoms with Crippen LogP contribution in [0.3, 0.4) is 0 Å². The zero-order chi connectivity index (χ0) is 19.4. The third-order valence-corrected chi connectivity index (χ3v) is 6.70. The SMILES string of the molecule is C=CC(c1ccc(C)cc1)S(=O)(=O)C(Cc1cc2ccccc2[nH]1)OC=O. The minimum absolute atomic E-state index is 0.0337. The number of H-pyrrole nitrogens is 1. The highest BCUT2D eigenvalue weighted by Gasteiger charge is 2.35. The standard InChI is InChI=1S/C21H21NO4S/c1-3-20(16-10-8-15(2)9-11-16)27(24,25)21(26-14-23)13-18-12-17-6-4-5-7-19(17)22-18/h3-12,14,20-22H,1,13H2,2H3. The molecule has 1 heterocycles. The Hall–Kier alpha value is -2.86. The number of benzene rings is 2. The van der Waals surface area contributed by atoms with Gasteiger partial charge in [0.05, 0.1) is 0 Å². The fourth-order valence-electron chi connectivity index (χ4n) is 3.11. The van der Waals surface area contributed by atoms with E-state index >= 15 is 0 Å². The number of fused-ring (bicyclic) bond motifs is 1. The second-order valence-electron chi connectivity index (χ2n) is 6.40. The van der Waals surface area contributed by atoms with Gasteiger partial charge in [0.2, 0.25) is 5.44 Å². The number of hydrogen-bond donors (Lipinski definition) is 1. The van der Waals surface area contributed by atoms with Crippen LogP contribution in [0.15, 0.2) is 67.3 Å². The quantitative estimate of drug-likeness (QED) is 0.473. The van der Waals surface area contributed by atoms with Crippen molar-refractivity contribution in [3.05, 3.63) is 84.1 Å². The van der Waals surface area contributed by atoms with Crippen LogP contribution in [0.5, 0.6) is 0 Å². The fourth-order valence-corrected chi connectivity index (χ4v) is 4.85. The Morgan fingerprint density at radius 3 is 2.48 bits per heavy atom. The van der Waals surface area contributed by atoms with E-state index in [0.717, 1.165) is 16.5 Å². The normalized spacial score (nSPS) is 13.8. The predicted molar refractivity (Wildman–Crippen MR) is 106 cm³/mol. The maximum atomic E-state index is 13.2. The highest BCUT2D eigenvalue weighted by Crippen LogP contribution is 2.30. The number of hydrogen-bond acceptors (Lipinski definition) is 4. The Kier molecular flexibility index (Phi) is 5.46. The van der Waals surface area contributed by atoms with E-state index in [4.69, 9.17) is 4.74 Å². The maximum Gasteiger partial charge on any atom is 0.294 e. The number of aryl methyl sites for hydroxylation is 1. The third-order valence-electron chi connectivity index (χ3n) is 4.52. The minimum atomic E-state index is -3.87. The second-order valence-corrected chi connectivity index (χ2v) is 8.62. The summed E-state index contributed by atoms with van der Waals surface area (Å²) in [5.41, 5.74) is 1.88. The predicted octanol–water partition coefficient (Wildman–Crippen LogP) is 3.86. The van der Waals surface area contributed by atoms with Crippen molar-refractivity contribution in [2.75, 3.05) is 0 Å². The van der Waals surface area contributed by atoms with Crippen LogP contribution in [-0.2, 0) is 25.8 Å². The summed E-state index contributed by atoms with van der Waals surface area (Å²) in [5, 5.41) is 0.000912. The van der Waals surface area contributed by atoms with Gasteiger partial charge in [-0.3, -0.25) is 4.79 Å². The van der Waals surface area contributed by atoms with Crippen LogP contribution >= 0.6 is 0 Å². The van der Waals surface area contributed by atoms with Gasteiger partial charge in [-0.2, -0.15) is 0 Å². The zero-order valence-electron chi connectivity index (χ0n) is 15.0. The largest absolute Gasteiger partial charge is 0.448 e. The molecule has 1 N–H and O–H groups in total. The van der Waals surface area contributed by atoms with Crippen molar-refractivity contribution in [3.8, 4) is 0 Å². The third kappa shape index (κ3) is 3.95. The molecular weight excluding hydrogens is 362 g/mol. The molecule has 0 aliphatic heterocycles. The number of nitrogens with one attached hydrogen (secondary N) is 1. The summed E-state index contributed by atoms with van der Waals surface area (Å²) >= 11 is 0. The highest BCUT2D eigenvalue weighted by molar-refractivity contribution is 7.92. The molecule has 0 spiro atoms. The summed E-state index contributed by atoms with van der Waals surface area (Å²) in [6.07, 6.45) is 1.40. The first-order valence-electron chi connectivity index (χ1n) is 8.53. The van der Waals surface area contributed by atoms with Crippen LogP contribution < -0.4 is 0 Å². The van der Waals surface area contributed by atoms with E-state index in [2.05, 4.69) is 11.6 Å². The smallest absolute Gasteiger partial charge is 0.294 e. The lowest BCUT2D eigenvalue weighted by atomic mass is 10.1. The number of ether oxygens (including phenoxy) is 1. The summed E-state index contributed by atoms with van der Waals surface area (Å²) in [7, 11) is -3.87. The van der Waals surface area contributed by atoms with Crippen molar-refractivity contribution in [3.63, 3.8) is 0 Å². The Morgan fingerprint density at radius 1 is 1.15 bits per heavy atom. The van der Waals surface area contributed by atoms with Gasteiger partial charge in [-0.05, 0) is 30.0 Å². The van der Waals surface area contributed by atoms with E-state index in [1.807, 2.05) is 49.4 Å². The molecule has 5 nitrogen and oxygen atoms in total. The molecule has 3 rings (SSSR count). The molecule has 3 aromatic rings. The molecule has 1 aromatic heterocycles. The lowest BCUT2D eigenvalue weighted by molar-refractivity contribution is -0.130. The fraction of sp³-hybridized carbons (Fsp3) is 0.190. The van der Waals surface area contributed by atoms with Crippen molar-refractivity contribution in [1.82, 2.24) is 4.98 Å². The Morgan fingerprint density at radius 2 is 1.85 bits per heavy atom. The van der Waals surface area contributed by atoms with Gasteiger partial charge in [-0.1, -0.05) is 54.1 Å². The van der Waals surface area contributed by atoms with Crippen LogP contribution in [0, 0.1) is 6.92 Å². The van der Waals surface area contributed by atoms with E-state index < -0.39 is 20.5 Å². The van der Waals surface area contributed by atoms with Crippen LogP contribution in [-0.4, -0.2) is 25.3 Å². The molecule has 6 heteroatoms. The molecule has 0 radical (unpaired) electrons. The average Bonchev–Trinajstić information content (AvgIpc) is 3.06. The van der Waals surface area contributed by atoms with Crippen molar-refractivity contribution in [2.45, 2.75) is 24.0 Å². The van der Waals surface area contributed by atoms with Crippen molar-refractivity contribution < 1.29 is 17.9 Å². The van der Waals surface area contributed by atoms with Gasteiger partial charge in [-0.15, -0.1) is 6.58 Å². The number of para-hydroxylation sites is 1. The molecule has 27 heavy (non-hydrogen) atoms. The van der Waals surface area contributed by atoms with Crippen LogP contribution in [0.4, 0.5) is 0 Å². The van der Waals surface area contributed by atoms with Gasteiger partial charge < -0.3 is 9.72 Å². The van der Waals surface area contributed by atoms with E-state index in [1.54, 1.807) is 12.1 Å². The molecule has 0 saturated carbocycles. The van der Waals surface area contributed by atoms with Crippen LogP contribution in [0.2, 0.25) is 0 Å². The van der Waals surface area contributed by atoms with Crippen LogP contribution in [0.1, 0.15) is 22.1 Å². The first kappa shape index (κ1) is 18.9. The van der Waals surface area contributed by atoms with E-state index in [9.17, 15) is 13.2 Å². The van der Waals surface area contributed by atoms with Gasteiger partial charge in [0.15, 0.2) is 9.84 Å². The van der Waals surface area contributed by atoms with Gasteiger partial charge in [0.1, 0.15) is 5.25 Å². The average molecular weight is 383 g/mol. The molecular formula is C21H21NO4S. The lowest BCUT2D eigenvalue weighted by Gasteiger charge is -2.21. The van der Waals surface area contributed by atoms with Crippen molar-refractivity contribution >= 4 is 27.2 Å². The Bertz CT molecular complexity index is 1020. The summed E-state index contributed by atoms with van der Waals surface area (Å²) < 4.78 is 31.4. The molecule has 2 aromatic carbocycles. The number of aromatic nitrogens is 1. The number of rotatable bonds is 8. The Labute approximate surface area is 158 Å². The number of carbonyl (C=O) groups is 1. The molecule has 2 atom stereocenters. The molecule has 0 bridgehead atoms. The van der Waals surface area contributed by atoms with E-state index in [-0.39, 0.29) is 12.9 Å². The van der Waals surface area contributed by atoms with E-state index in [0.29, 0.717) is 11.3 Å². The summed E-state index contributed by atoms with van der Waals surface area (Å²) in [5.74, 6) is 0. The molecule has 0 aliphatic rings. The highest BCUT2D eigenvalue weighted by atomic mass is 32.2. The Balaban J connectivity index is 1.94. The van der Waals surface area contributed by atoms with Crippen molar-refractivity contribution in [1.29, 1.82) is 0 Å². The number of carbonyl (C=O) groups excluding carboxylic acids is 1. The summed E-state index contributed by atoms with van der Waals surface area (Å²) in [4.78, 5) is 14.2. The van der Waals surface area contributed by atoms with Crippen molar-refractivity contribution in [2.24, 2.45) is 0 Å². The summed E-state index contributed by atoms with van der Waals surface area (Å²) in [6.45, 7) is 5.79. The van der Waals surface area contributed by atoms with Crippen LogP contribution in [0.25, 0.3) is 10.9 Å². The molecule has 0 aliphatic carbocycles. The minimum Gasteiger partial charge on any atom is -0.448 e. The van der Waals surface area contributed by atoms with Gasteiger partial charge >= 0.3 is 0 Å². The maximum absolute atomic E-state index is 13.2. The first-order valence-corrected chi connectivity index (χ1v) is 10.1. The summed E-state index contributed by atoms with van der Waals surface area (Å²) in [6, 6.07) is 16.7. The molecule has 0 fully saturated rings. The van der Waals surface area contributed by atoms with Gasteiger partial charge in [-0.25, -0.2) is 8.42 Å². The zero-order valence-corrected chi connectivity index (χ0v) is 15.8. The van der Waals surface area contributed by atoms with Gasteiger partial charge in [0, 0.05) is 17.6 Å². The first-order chi connectivity index (χ1) is 13.0. The number of sulfone groups is 1. The molecule has 140 valence electrons. The molecule has 0 saturated heterocycles. The van der Waals surface area contributed by atoms with Gasteiger partial charge in [0.25, 0.3) is 6.47 Å². The monoisotopic (exact) mass is 383 g/mol. The topological polar surface area (TPSA) is 76.2 Å². The molecule has 2 unspecified atom stereocenters. The van der Waals surface area contributed by atoms with E-state index in [1.165, 1.54) is 6.08 Å². The molecule has 0 amide bonds. The lowest BCUT2D eigenvalue weighted by Crippen LogP contribution is -2.30. The number of aromatic amines is 1. The second kappa shape index (κ2) is 7.80.